The van der Waals surface area contributed by atoms with Crippen molar-refractivity contribution in [3.8, 4) is 28.5 Å². The van der Waals surface area contributed by atoms with Gasteiger partial charge in [0.1, 0.15) is 28.9 Å². The van der Waals surface area contributed by atoms with Crippen molar-refractivity contribution >= 4 is 23.4 Å². The molecular weight excluding hydrogens is 502 g/mol. The minimum absolute atomic E-state index is 0.134. The van der Waals surface area contributed by atoms with Crippen molar-refractivity contribution in [2.45, 2.75) is 65.0 Å². The Hall–Kier alpha value is -3.86. The fraction of sp³-hybridized carbons (Fsp3) is 0.500. The molecule has 0 spiro atoms. The average Bonchev–Trinajstić information content (AvgIpc) is 3.56. The molecule has 2 aliphatic rings. The molecule has 2 aromatic heterocycles. The van der Waals surface area contributed by atoms with Crippen LogP contribution in [0.25, 0.3) is 22.3 Å². The first kappa shape index (κ1) is 28.2. The van der Waals surface area contributed by atoms with Gasteiger partial charge >= 0.3 is 0 Å². The average molecular weight is 540 g/mol. The molecule has 1 amide bonds. The maximum atomic E-state index is 13.0. The quantitative estimate of drug-likeness (QED) is 0.287. The number of aromatic nitrogens is 3. The Morgan fingerprint density at radius 3 is 2.69 bits per heavy atom. The first-order valence-corrected chi connectivity index (χ1v) is 13.3. The predicted molar refractivity (Wildman–Crippen MR) is 146 cm³/mol. The summed E-state index contributed by atoms with van der Waals surface area (Å²) in [6, 6.07) is 3.88. The van der Waals surface area contributed by atoms with Gasteiger partial charge in [-0.2, -0.15) is 0 Å². The molecule has 0 atom stereocenters. The highest BCUT2D eigenvalue weighted by Crippen LogP contribution is 2.47. The number of hydrogen-bond donors (Lipinski definition) is 3. The van der Waals surface area contributed by atoms with Crippen molar-refractivity contribution in [2.24, 2.45) is 0 Å². The van der Waals surface area contributed by atoms with Gasteiger partial charge in [0.05, 0.1) is 23.3 Å². The Bertz CT molecular complexity index is 1280. The number of rotatable bonds is 8. The molecule has 0 radical (unpaired) electrons. The molecule has 210 valence electrons. The molecule has 39 heavy (non-hydrogen) atoms. The number of nitrogens with zero attached hydrogens (tertiary/aromatic N) is 2. The summed E-state index contributed by atoms with van der Waals surface area (Å²) in [6.07, 6.45) is 6.97. The Balaban J connectivity index is 0.000000448. The first-order valence-electron chi connectivity index (χ1n) is 13.3. The van der Waals surface area contributed by atoms with E-state index in [1.807, 2.05) is 32.9 Å². The lowest BCUT2D eigenvalue weighted by Gasteiger charge is -2.23. The zero-order chi connectivity index (χ0) is 27.8. The van der Waals surface area contributed by atoms with E-state index in [0.29, 0.717) is 58.2 Å². The van der Waals surface area contributed by atoms with Crippen LogP contribution in [0.3, 0.4) is 0 Å². The summed E-state index contributed by atoms with van der Waals surface area (Å²) in [4.78, 5) is 34.7. The van der Waals surface area contributed by atoms with Gasteiger partial charge in [0.15, 0.2) is 11.5 Å². The minimum atomic E-state index is -0.318. The number of carbonyl (C=O) groups is 2. The number of fused-ring (bicyclic) bond motifs is 2. The van der Waals surface area contributed by atoms with E-state index in [-0.39, 0.29) is 24.3 Å². The number of aromatic amines is 1. The largest absolute Gasteiger partial charge is 0.493 e. The third kappa shape index (κ3) is 6.97. The summed E-state index contributed by atoms with van der Waals surface area (Å²) in [7, 11) is 0. The fourth-order valence-corrected chi connectivity index (χ4v) is 4.30. The smallest absolute Gasteiger partial charge is 0.293 e. The highest BCUT2D eigenvalue weighted by Gasteiger charge is 2.27. The van der Waals surface area contributed by atoms with E-state index >= 15 is 0 Å². The molecule has 1 fully saturated rings. The number of H-pyrrole nitrogens is 1. The molecule has 0 unspecified atom stereocenters. The van der Waals surface area contributed by atoms with Crippen molar-refractivity contribution in [1.29, 1.82) is 0 Å². The summed E-state index contributed by atoms with van der Waals surface area (Å²) in [6.45, 7) is 10.6. The summed E-state index contributed by atoms with van der Waals surface area (Å²) in [5, 5.41) is 6.44. The number of nitrogens with one attached hydrogen (secondary N) is 3. The molecule has 0 bridgehead atoms. The topological polar surface area (TPSA) is 137 Å². The molecule has 2 aliphatic heterocycles. The van der Waals surface area contributed by atoms with Gasteiger partial charge in [-0.1, -0.05) is 13.3 Å². The first-order chi connectivity index (χ1) is 18.8. The zero-order valence-corrected chi connectivity index (χ0v) is 23.0. The third-order valence-electron chi connectivity index (χ3n) is 6.28. The minimum Gasteiger partial charge on any atom is -0.493 e. The number of hydrogen-bond acceptors (Lipinski definition) is 9. The second kappa shape index (κ2) is 12.8. The monoisotopic (exact) mass is 539 g/mol. The van der Waals surface area contributed by atoms with Crippen LogP contribution in [0.1, 0.15) is 63.7 Å². The van der Waals surface area contributed by atoms with Gasteiger partial charge in [-0.05, 0) is 65.3 Å². The molecule has 4 heterocycles. The molecule has 0 aliphatic carbocycles. The number of benzene rings is 1. The fourth-order valence-electron chi connectivity index (χ4n) is 4.30. The molecule has 3 aromatic rings. The van der Waals surface area contributed by atoms with Gasteiger partial charge in [-0.25, -0.2) is 9.97 Å². The van der Waals surface area contributed by atoms with E-state index in [2.05, 4.69) is 37.2 Å². The highest BCUT2D eigenvalue weighted by molar-refractivity contribution is 6.08. The molecule has 11 heteroatoms. The zero-order valence-electron chi connectivity index (χ0n) is 23.0. The van der Waals surface area contributed by atoms with Gasteiger partial charge in [-0.3, -0.25) is 9.59 Å². The van der Waals surface area contributed by atoms with Crippen LogP contribution in [0.2, 0.25) is 0 Å². The van der Waals surface area contributed by atoms with Gasteiger partial charge in [0.2, 0.25) is 6.79 Å². The molecule has 1 aromatic carbocycles. The van der Waals surface area contributed by atoms with Crippen molar-refractivity contribution in [3.63, 3.8) is 0 Å². The number of ether oxygens (including phenoxy) is 4. The van der Waals surface area contributed by atoms with Crippen LogP contribution in [-0.2, 0) is 9.53 Å². The number of unbranched alkanes of at least 4 members (excludes halogenated alkanes) is 1. The second-order valence-corrected chi connectivity index (χ2v) is 10.3. The second-order valence-electron chi connectivity index (χ2n) is 10.3. The molecule has 0 saturated carbocycles. The predicted octanol–water partition coefficient (Wildman–Crippen LogP) is 3.97. The van der Waals surface area contributed by atoms with Gasteiger partial charge in [-0.15, -0.1) is 0 Å². The maximum Gasteiger partial charge on any atom is 0.293 e. The number of piperidine rings is 1. The highest BCUT2D eigenvalue weighted by atomic mass is 16.7. The third-order valence-corrected chi connectivity index (χ3v) is 6.28. The Labute approximate surface area is 228 Å². The maximum absolute atomic E-state index is 13.0. The lowest BCUT2D eigenvalue weighted by molar-refractivity contribution is -0.138. The van der Waals surface area contributed by atoms with Gasteiger partial charge < -0.3 is 34.6 Å². The van der Waals surface area contributed by atoms with Crippen LogP contribution in [0.4, 0.5) is 0 Å². The van der Waals surface area contributed by atoms with Crippen molar-refractivity contribution in [3.05, 3.63) is 30.2 Å². The standard InChI is InChI=1S/C23H27N5O4.C5H10O2/c1-2-3-10-30-16-4-5-17-22(32-13-31-17)18(16)20-21-19(26-12-27-20)15(11-25-21)23(29)28-14-6-8-24-9-7-14;1-5(2,3)7-4-6/h4-5,11-12,14,24-25H,2-3,6-10,13H2,1H3,(H,28,29);4H,1-3H3. The molecular formula is C28H37N5O6. The summed E-state index contributed by atoms with van der Waals surface area (Å²) in [5.74, 6) is 1.77. The molecule has 3 N–H and O–H groups in total. The van der Waals surface area contributed by atoms with E-state index in [0.717, 1.165) is 38.8 Å². The van der Waals surface area contributed by atoms with Gasteiger partial charge in [0, 0.05) is 12.2 Å². The Kier molecular flexibility index (Phi) is 9.23. The number of carbonyl (C=O) groups excluding carboxylic acids is 2. The normalized spacial score (nSPS) is 14.9. The van der Waals surface area contributed by atoms with Crippen molar-refractivity contribution in [1.82, 2.24) is 25.6 Å². The van der Waals surface area contributed by atoms with E-state index in [1.165, 1.54) is 6.33 Å². The van der Waals surface area contributed by atoms with E-state index in [4.69, 9.17) is 14.2 Å². The lowest BCUT2D eigenvalue weighted by atomic mass is 10.1. The van der Waals surface area contributed by atoms with E-state index in [9.17, 15) is 9.59 Å². The van der Waals surface area contributed by atoms with Crippen LogP contribution in [0.5, 0.6) is 17.2 Å². The van der Waals surface area contributed by atoms with Crippen molar-refractivity contribution < 1.29 is 28.5 Å². The van der Waals surface area contributed by atoms with Crippen molar-refractivity contribution in [2.75, 3.05) is 26.5 Å². The molecule has 1 saturated heterocycles. The van der Waals surface area contributed by atoms with Crippen LogP contribution < -0.4 is 24.8 Å². The summed E-state index contributed by atoms with van der Waals surface area (Å²) in [5.41, 5.74) is 2.73. The Morgan fingerprint density at radius 2 is 2.00 bits per heavy atom. The van der Waals surface area contributed by atoms with E-state index < -0.39 is 0 Å². The van der Waals surface area contributed by atoms with Crippen LogP contribution in [-0.4, -0.2) is 65.5 Å². The number of amides is 1. The lowest BCUT2D eigenvalue weighted by Crippen LogP contribution is -2.42. The van der Waals surface area contributed by atoms with E-state index in [1.54, 1.807) is 6.20 Å². The summed E-state index contributed by atoms with van der Waals surface area (Å²) >= 11 is 0. The summed E-state index contributed by atoms with van der Waals surface area (Å²) < 4.78 is 22.0. The van der Waals surface area contributed by atoms with Crippen LogP contribution >= 0.6 is 0 Å². The molecule has 11 nitrogen and oxygen atoms in total. The van der Waals surface area contributed by atoms with Crippen LogP contribution in [0, 0.1) is 0 Å². The van der Waals surface area contributed by atoms with Gasteiger partial charge in [0.25, 0.3) is 12.4 Å². The Morgan fingerprint density at radius 1 is 1.21 bits per heavy atom. The molecule has 5 rings (SSSR count). The SMILES string of the molecule is CC(C)(C)OC=O.CCCCOc1ccc2c(c1-c1ncnc3c(C(=O)NC4CCNCC4)c[nH]c13)OCO2. The van der Waals surface area contributed by atoms with Crippen LogP contribution in [0.15, 0.2) is 24.7 Å².